The first kappa shape index (κ1) is 22.8. The zero-order valence-corrected chi connectivity index (χ0v) is 16.4. The fraction of sp³-hybridized carbons (Fsp3) is 0.562. The van der Waals surface area contributed by atoms with Crippen LogP contribution in [0.1, 0.15) is 32.8 Å². The van der Waals surface area contributed by atoms with E-state index in [1.807, 2.05) is 13.8 Å². The maximum atomic E-state index is 12.3. The molecule has 1 unspecified atom stereocenters. The van der Waals surface area contributed by atoms with E-state index in [9.17, 15) is 13.2 Å². The van der Waals surface area contributed by atoms with Gasteiger partial charge in [-0.1, -0.05) is 25.1 Å². The number of benzene rings is 1. The molecule has 2 N–H and O–H groups in total. The lowest BCUT2D eigenvalue weighted by Gasteiger charge is -2.17. The van der Waals surface area contributed by atoms with E-state index in [1.54, 1.807) is 18.2 Å². The minimum Gasteiger partial charge on any atom is -0.484 e. The molecule has 4 nitrogen and oxygen atoms in total. The summed E-state index contributed by atoms with van der Waals surface area (Å²) in [5, 5.41) is 6.34. The van der Waals surface area contributed by atoms with Crippen LogP contribution in [0.2, 0.25) is 0 Å². The molecule has 0 aliphatic rings. The number of nitrogens with zero attached hydrogens (tertiary/aromatic N) is 1. The molecule has 0 aliphatic heterocycles. The summed E-state index contributed by atoms with van der Waals surface area (Å²) in [5.41, 5.74) is 0.609. The number of ether oxygens (including phenoxy) is 1. The molecule has 8 heteroatoms. The Kier molecular flexibility index (Phi) is 10.8. The van der Waals surface area contributed by atoms with Crippen molar-refractivity contribution in [3.05, 3.63) is 29.8 Å². The Morgan fingerprint density at radius 3 is 2.50 bits per heavy atom. The highest BCUT2D eigenvalue weighted by atomic mass is 127. The summed E-state index contributed by atoms with van der Waals surface area (Å²) in [6, 6.07) is 6.87. The van der Waals surface area contributed by atoms with Gasteiger partial charge in [0.05, 0.1) is 6.54 Å². The Bertz CT molecular complexity index is 510. The second-order valence-corrected chi connectivity index (χ2v) is 5.16. The van der Waals surface area contributed by atoms with Crippen molar-refractivity contribution in [1.29, 1.82) is 0 Å². The molecule has 1 atom stereocenters. The molecule has 0 heterocycles. The summed E-state index contributed by atoms with van der Waals surface area (Å²) in [6.07, 6.45) is -3.42. The molecule has 0 fully saturated rings. The Hall–Kier alpha value is -1.19. The van der Waals surface area contributed by atoms with Gasteiger partial charge in [-0.25, -0.2) is 4.99 Å². The fourth-order valence-electron chi connectivity index (χ4n) is 1.75. The van der Waals surface area contributed by atoms with E-state index in [2.05, 4.69) is 22.5 Å². The lowest BCUT2D eigenvalue weighted by Crippen LogP contribution is -2.41. The van der Waals surface area contributed by atoms with Gasteiger partial charge in [-0.2, -0.15) is 13.2 Å². The highest BCUT2D eigenvalue weighted by molar-refractivity contribution is 14.0. The van der Waals surface area contributed by atoms with Crippen molar-refractivity contribution in [1.82, 2.24) is 10.6 Å². The number of para-hydroxylation sites is 1. The summed E-state index contributed by atoms with van der Waals surface area (Å²) in [4.78, 5) is 4.41. The molecule has 0 spiro atoms. The van der Waals surface area contributed by atoms with Gasteiger partial charge in [0, 0.05) is 18.2 Å². The van der Waals surface area contributed by atoms with Gasteiger partial charge in [0.25, 0.3) is 0 Å². The Morgan fingerprint density at radius 1 is 1.25 bits per heavy atom. The second-order valence-electron chi connectivity index (χ2n) is 5.16. The number of halogens is 4. The molecule has 0 saturated heterocycles. The molecule has 1 rings (SSSR count). The first-order valence-corrected chi connectivity index (χ1v) is 7.68. The highest BCUT2D eigenvalue weighted by Crippen LogP contribution is 2.22. The molecular formula is C16H25F3IN3O. The van der Waals surface area contributed by atoms with E-state index in [1.165, 1.54) is 6.07 Å². The molecule has 0 amide bonds. The number of hydrogen-bond acceptors (Lipinski definition) is 2. The predicted octanol–water partition coefficient (Wildman–Crippen LogP) is 4.10. The van der Waals surface area contributed by atoms with Crippen LogP contribution in [0.15, 0.2) is 29.3 Å². The minimum absolute atomic E-state index is 0. The van der Waals surface area contributed by atoms with E-state index in [-0.39, 0.29) is 42.3 Å². The van der Waals surface area contributed by atoms with Crippen LogP contribution < -0.4 is 15.4 Å². The Balaban J connectivity index is 0.00000529. The van der Waals surface area contributed by atoms with Crippen LogP contribution in [0.5, 0.6) is 5.75 Å². The third kappa shape index (κ3) is 9.19. The zero-order valence-electron chi connectivity index (χ0n) is 14.1. The molecule has 0 radical (unpaired) electrons. The topological polar surface area (TPSA) is 45.7 Å². The summed E-state index contributed by atoms with van der Waals surface area (Å²) in [7, 11) is 0. The minimum atomic E-state index is -4.36. The van der Waals surface area contributed by atoms with E-state index in [4.69, 9.17) is 4.74 Å². The largest absolute Gasteiger partial charge is 0.484 e. The standard InChI is InChI=1S/C16H24F3N3O.HI/c1-4-12(3)22-15(20-5-2)21-10-13-8-6-7-9-14(13)23-11-16(17,18)19;/h6-9,12H,4-5,10-11H2,1-3H3,(H2,20,21,22);1H. The van der Waals surface area contributed by atoms with Crippen molar-refractivity contribution < 1.29 is 17.9 Å². The van der Waals surface area contributed by atoms with Crippen molar-refractivity contribution >= 4 is 29.9 Å². The molecule has 0 aliphatic carbocycles. The monoisotopic (exact) mass is 459 g/mol. The van der Waals surface area contributed by atoms with Gasteiger partial charge < -0.3 is 15.4 Å². The van der Waals surface area contributed by atoms with Gasteiger partial charge in [0.15, 0.2) is 12.6 Å². The molecule has 1 aromatic carbocycles. The predicted molar refractivity (Wildman–Crippen MR) is 101 cm³/mol. The smallest absolute Gasteiger partial charge is 0.422 e. The van der Waals surface area contributed by atoms with Crippen LogP contribution in [0.25, 0.3) is 0 Å². The van der Waals surface area contributed by atoms with Gasteiger partial charge in [-0.15, -0.1) is 24.0 Å². The lowest BCUT2D eigenvalue weighted by atomic mass is 10.2. The van der Waals surface area contributed by atoms with E-state index in [0.717, 1.165) is 6.42 Å². The summed E-state index contributed by atoms with van der Waals surface area (Å²) in [5.74, 6) is 0.834. The van der Waals surface area contributed by atoms with Crippen LogP contribution in [-0.2, 0) is 6.54 Å². The van der Waals surface area contributed by atoms with Gasteiger partial charge in [-0.05, 0) is 26.3 Å². The second kappa shape index (κ2) is 11.4. The molecule has 0 aromatic heterocycles. The van der Waals surface area contributed by atoms with E-state index in [0.29, 0.717) is 18.1 Å². The number of hydrogen-bond donors (Lipinski definition) is 2. The number of nitrogens with one attached hydrogen (secondary N) is 2. The summed E-state index contributed by atoms with van der Waals surface area (Å²) < 4.78 is 41.8. The van der Waals surface area contributed by atoms with Crippen LogP contribution in [0, 0.1) is 0 Å². The molecule has 0 saturated carbocycles. The van der Waals surface area contributed by atoms with Crippen molar-refractivity contribution in [3.63, 3.8) is 0 Å². The van der Waals surface area contributed by atoms with Crippen LogP contribution in [-0.4, -0.2) is 31.3 Å². The first-order valence-electron chi connectivity index (χ1n) is 7.68. The van der Waals surface area contributed by atoms with Gasteiger partial charge >= 0.3 is 6.18 Å². The maximum Gasteiger partial charge on any atom is 0.422 e. The van der Waals surface area contributed by atoms with Crippen molar-refractivity contribution in [2.24, 2.45) is 4.99 Å². The fourth-order valence-corrected chi connectivity index (χ4v) is 1.75. The molecular weight excluding hydrogens is 434 g/mol. The Morgan fingerprint density at radius 2 is 1.92 bits per heavy atom. The lowest BCUT2D eigenvalue weighted by molar-refractivity contribution is -0.153. The van der Waals surface area contributed by atoms with Crippen LogP contribution in [0.3, 0.4) is 0 Å². The number of rotatable bonds is 7. The van der Waals surface area contributed by atoms with Gasteiger partial charge in [-0.3, -0.25) is 0 Å². The van der Waals surface area contributed by atoms with Crippen LogP contribution in [0.4, 0.5) is 13.2 Å². The summed E-state index contributed by atoms with van der Waals surface area (Å²) >= 11 is 0. The Labute approximate surface area is 158 Å². The first-order chi connectivity index (χ1) is 10.9. The van der Waals surface area contributed by atoms with Crippen molar-refractivity contribution in [3.8, 4) is 5.75 Å². The third-order valence-corrected chi connectivity index (χ3v) is 3.11. The quantitative estimate of drug-likeness (QED) is 0.367. The summed E-state index contributed by atoms with van der Waals surface area (Å²) in [6.45, 7) is 5.68. The molecule has 24 heavy (non-hydrogen) atoms. The number of aliphatic imine (C=N–C) groups is 1. The van der Waals surface area contributed by atoms with Crippen molar-refractivity contribution in [2.75, 3.05) is 13.2 Å². The van der Waals surface area contributed by atoms with Crippen molar-refractivity contribution in [2.45, 2.75) is 46.0 Å². The maximum absolute atomic E-state index is 12.3. The SMILES string of the molecule is CCNC(=NCc1ccccc1OCC(F)(F)F)NC(C)CC.I. The highest BCUT2D eigenvalue weighted by Gasteiger charge is 2.28. The average molecular weight is 459 g/mol. The normalized spacial score (nSPS) is 13.0. The zero-order chi connectivity index (χ0) is 17.3. The molecule has 1 aromatic rings. The molecule has 0 bridgehead atoms. The van der Waals surface area contributed by atoms with E-state index >= 15 is 0 Å². The van der Waals surface area contributed by atoms with Crippen LogP contribution >= 0.6 is 24.0 Å². The molecule has 138 valence electrons. The number of guanidine groups is 1. The number of alkyl halides is 3. The van der Waals surface area contributed by atoms with Gasteiger partial charge in [0.1, 0.15) is 5.75 Å². The third-order valence-electron chi connectivity index (χ3n) is 3.11. The van der Waals surface area contributed by atoms with E-state index < -0.39 is 12.8 Å². The average Bonchev–Trinajstić information content (AvgIpc) is 2.50. The van der Waals surface area contributed by atoms with Gasteiger partial charge in [0.2, 0.25) is 0 Å².